The molecule has 202 valence electrons. The van der Waals surface area contributed by atoms with E-state index >= 15 is 0 Å². The molecule has 0 N–H and O–H groups in total. The molecule has 1 heterocycles. The highest BCUT2D eigenvalue weighted by Gasteiger charge is 2.17. The lowest BCUT2D eigenvalue weighted by molar-refractivity contribution is -0.384. The number of nitro benzene ring substituents is 1. The average Bonchev–Trinajstić information content (AvgIpc) is 3.39. The highest BCUT2D eigenvalue weighted by molar-refractivity contribution is 7.98. The van der Waals surface area contributed by atoms with Gasteiger partial charge in [-0.2, -0.15) is 0 Å². The Kier molecular flexibility index (Phi) is 8.26. The summed E-state index contributed by atoms with van der Waals surface area (Å²) >= 11 is 1.46. The SMILES string of the molecule is COc1ccc(Cc2nnc(SCc3cccc([N+](=O)[O-])c3)n2-c2ccc(Oc3ccccc3)cc2)cc1OC. The van der Waals surface area contributed by atoms with Gasteiger partial charge in [0.05, 0.1) is 19.1 Å². The van der Waals surface area contributed by atoms with Gasteiger partial charge in [-0.1, -0.05) is 48.2 Å². The molecule has 5 aromatic rings. The third kappa shape index (κ3) is 6.24. The maximum Gasteiger partial charge on any atom is 0.269 e. The number of ether oxygens (including phenoxy) is 3. The van der Waals surface area contributed by atoms with Crippen molar-refractivity contribution < 1.29 is 19.1 Å². The van der Waals surface area contributed by atoms with E-state index < -0.39 is 4.92 Å². The highest BCUT2D eigenvalue weighted by atomic mass is 32.2. The van der Waals surface area contributed by atoms with Crippen LogP contribution >= 0.6 is 11.8 Å². The lowest BCUT2D eigenvalue weighted by Crippen LogP contribution is -2.04. The van der Waals surface area contributed by atoms with E-state index in [0.29, 0.717) is 34.6 Å². The maximum absolute atomic E-state index is 11.2. The van der Waals surface area contributed by atoms with Crippen molar-refractivity contribution in [3.05, 3.63) is 124 Å². The molecule has 0 unspecified atom stereocenters. The fourth-order valence-electron chi connectivity index (χ4n) is 4.14. The first-order chi connectivity index (χ1) is 19.5. The van der Waals surface area contributed by atoms with Gasteiger partial charge in [0.1, 0.15) is 17.3 Å². The fraction of sp³-hybridized carbons (Fsp3) is 0.133. The van der Waals surface area contributed by atoms with Crippen LogP contribution in [0.25, 0.3) is 5.69 Å². The molecule has 0 spiro atoms. The molecule has 1 aromatic heterocycles. The molecule has 0 saturated heterocycles. The Morgan fingerprint density at radius 2 is 1.55 bits per heavy atom. The summed E-state index contributed by atoms with van der Waals surface area (Å²) in [6.07, 6.45) is 0.493. The lowest BCUT2D eigenvalue weighted by Gasteiger charge is -2.13. The third-order valence-corrected chi connectivity index (χ3v) is 7.07. The number of methoxy groups -OCH3 is 2. The first kappa shape index (κ1) is 26.8. The van der Waals surface area contributed by atoms with Crippen molar-refractivity contribution in [1.82, 2.24) is 14.8 Å². The van der Waals surface area contributed by atoms with E-state index in [0.717, 1.165) is 28.4 Å². The van der Waals surface area contributed by atoms with Crippen LogP contribution in [0, 0.1) is 10.1 Å². The summed E-state index contributed by atoms with van der Waals surface area (Å²) in [5.74, 6) is 3.96. The Hall–Kier alpha value is -4.83. The van der Waals surface area contributed by atoms with Crippen LogP contribution < -0.4 is 14.2 Å². The van der Waals surface area contributed by atoms with Gasteiger partial charge in [-0.3, -0.25) is 14.7 Å². The molecule has 0 aliphatic carbocycles. The molecule has 0 aliphatic rings. The number of nitrogens with zero attached hydrogens (tertiary/aromatic N) is 4. The van der Waals surface area contributed by atoms with Gasteiger partial charge in [-0.15, -0.1) is 10.2 Å². The molecule has 10 heteroatoms. The molecule has 0 bridgehead atoms. The van der Waals surface area contributed by atoms with Gasteiger partial charge in [0.15, 0.2) is 16.7 Å². The fourth-order valence-corrected chi connectivity index (χ4v) is 5.05. The van der Waals surface area contributed by atoms with E-state index in [1.165, 1.54) is 17.8 Å². The third-order valence-electron chi connectivity index (χ3n) is 6.07. The van der Waals surface area contributed by atoms with Crippen LogP contribution in [-0.2, 0) is 12.2 Å². The quantitative estimate of drug-likeness (QED) is 0.0991. The van der Waals surface area contributed by atoms with Crippen LogP contribution in [0.4, 0.5) is 5.69 Å². The zero-order chi connectivity index (χ0) is 27.9. The zero-order valence-electron chi connectivity index (χ0n) is 21.9. The van der Waals surface area contributed by atoms with Crippen molar-refractivity contribution in [2.24, 2.45) is 0 Å². The smallest absolute Gasteiger partial charge is 0.269 e. The van der Waals surface area contributed by atoms with Gasteiger partial charge in [-0.25, -0.2) is 0 Å². The number of rotatable bonds is 11. The number of para-hydroxylation sites is 1. The molecule has 0 fully saturated rings. The normalized spacial score (nSPS) is 10.8. The van der Waals surface area contributed by atoms with Gasteiger partial charge < -0.3 is 14.2 Å². The number of non-ortho nitro benzene ring substituents is 1. The van der Waals surface area contributed by atoms with Crippen molar-refractivity contribution >= 4 is 17.4 Å². The molecule has 9 nitrogen and oxygen atoms in total. The lowest BCUT2D eigenvalue weighted by atomic mass is 10.1. The van der Waals surface area contributed by atoms with Crippen LogP contribution in [0.2, 0.25) is 0 Å². The molecule has 0 aliphatic heterocycles. The topological polar surface area (TPSA) is 102 Å². The first-order valence-corrected chi connectivity index (χ1v) is 13.4. The summed E-state index contributed by atoms with van der Waals surface area (Å²) in [5, 5.41) is 20.9. The van der Waals surface area contributed by atoms with E-state index in [-0.39, 0.29) is 5.69 Å². The molecular formula is C30H26N4O5S. The van der Waals surface area contributed by atoms with E-state index in [2.05, 4.69) is 10.2 Å². The van der Waals surface area contributed by atoms with Gasteiger partial charge in [0, 0.05) is 30.0 Å². The number of hydrogen-bond donors (Lipinski definition) is 0. The predicted octanol–water partition coefficient (Wildman–Crippen LogP) is 6.87. The highest BCUT2D eigenvalue weighted by Crippen LogP contribution is 2.31. The van der Waals surface area contributed by atoms with Gasteiger partial charge in [0.2, 0.25) is 0 Å². The average molecular weight is 555 g/mol. The van der Waals surface area contributed by atoms with Crippen molar-refractivity contribution in [3.63, 3.8) is 0 Å². The Morgan fingerprint density at radius 3 is 2.27 bits per heavy atom. The molecule has 0 radical (unpaired) electrons. The maximum atomic E-state index is 11.2. The predicted molar refractivity (Wildman–Crippen MR) is 153 cm³/mol. The monoisotopic (exact) mass is 554 g/mol. The second-order valence-electron chi connectivity index (χ2n) is 8.73. The van der Waals surface area contributed by atoms with Crippen LogP contribution in [0.5, 0.6) is 23.0 Å². The summed E-state index contributed by atoms with van der Waals surface area (Å²) in [7, 11) is 3.20. The number of aromatic nitrogens is 3. The van der Waals surface area contributed by atoms with Gasteiger partial charge in [0.25, 0.3) is 5.69 Å². The Bertz CT molecular complexity index is 1610. The number of thioether (sulfide) groups is 1. The molecule has 5 rings (SSSR count). The van der Waals surface area contributed by atoms with Gasteiger partial charge >= 0.3 is 0 Å². The van der Waals surface area contributed by atoms with Crippen molar-refractivity contribution in [2.75, 3.05) is 14.2 Å². The molecule has 40 heavy (non-hydrogen) atoms. The number of hydrogen-bond acceptors (Lipinski definition) is 8. The van der Waals surface area contributed by atoms with Crippen molar-refractivity contribution in [1.29, 1.82) is 0 Å². The van der Waals surface area contributed by atoms with E-state index in [9.17, 15) is 10.1 Å². The molecule has 0 atom stereocenters. The summed E-state index contributed by atoms with van der Waals surface area (Å²) in [6.45, 7) is 0. The van der Waals surface area contributed by atoms with Crippen LogP contribution in [-0.4, -0.2) is 33.9 Å². The first-order valence-electron chi connectivity index (χ1n) is 12.4. The van der Waals surface area contributed by atoms with Crippen LogP contribution in [0.15, 0.2) is 102 Å². The second-order valence-corrected chi connectivity index (χ2v) is 9.67. The minimum Gasteiger partial charge on any atom is -0.493 e. The van der Waals surface area contributed by atoms with Crippen molar-refractivity contribution in [2.45, 2.75) is 17.3 Å². The Morgan fingerprint density at radius 1 is 0.800 bits per heavy atom. The Balaban J connectivity index is 1.45. The largest absolute Gasteiger partial charge is 0.493 e. The molecule has 0 amide bonds. The minimum atomic E-state index is -0.392. The summed E-state index contributed by atoms with van der Waals surface area (Å²) in [5.41, 5.74) is 2.72. The van der Waals surface area contributed by atoms with E-state index in [4.69, 9.17) is 14.2 Å². The second kappa shape index (κ2) is 12.4. The van der Waals surface area contributed by atoms with E-state index in [1.54, 1.807) is 26.4 Å². The number of nitro groups is 1. The zero-order valence-corrected chi connectivity index (χ0v) is 22.7. The Labute approximate surface area is 235 Å². The standard InChI is InChI=1S/C30H26N4O5S/c1-37-27-16-11-21(18-28(27)38-2)19-29-31-32-30(40-20-22-7-6-8-24(17-22)34(35)36)33(29)23-12-14-26(15-13-23)39-25-9-4-3-5-10-25/h3-18H,19-20H2,1-2H3. The summed E-state index contributed by atoms with van der Waals surface area (Å²) in [4.78, 5) is 10.8. The molecule has 4 aromatic carbocycles. The van der Waals surface area contributed by atoms with Gasteiger partial charge in [-0.05, 0) is 59.7 Å². The summed E-state index contributed by atoms with van der Waals surface area (Å²) < 4.78 is 18.8. The number of benzene rings is 4. The van der Waals surface area contributed by atoms with Crippen molar-refractivity contribution in [3.8, 4) is 28.7 Å². The summed E-state index contributed by atoms with van der Waals surface area (Å²) in [6, 6.07) is 29.7. The minimum absolute atomic E-state index is 0.0581. The van der Waals surface area contributed by atoms with Crippen LogP contribution in [0.3, 0.4) is 0 Å². The van der Waals surface area contributed by atoms with E-state index in [1.807, 2.05) is 83.4 Å². The molecular weight excluding hydrogens is 528 g/mol. The molecule has 0 saturated carbocycles. The van der Waals surface area contributed by atoms with Crippen LogP contribution in [0.1, 0.15) is 17.0 Å².